The number of nitrogens with zero attached hydrogens (tertiary/aromatic N) is 3. The highest BCUT2D eigenvalue weighted by molar-refractivity contribution is 5.93. The molecule has 1 unspecified atom stereocenters. The fraction of sp³-hybridized carbons (Fsp3) is 0.667. The molecule has 0 aliphatic carbocycles. The van der Waals surface area contributed by atoms with E-state index in [1.165, 1.54) is 4.90 Å². The monoisotopic (exact) mass is 267 g/mol. The number of aromatic nitrogens is 2. The molecule has 1 saturated heterocycles. The van der Waals surface area contributed by atoms with Crippen LogP contribution in [0.2, 0.25) is 0 Å². The Labute approximate surface area is 110 Å². The summed E-state index contributed by atoms with van der Waals surface area (Å²) in [6.45, 7) is 4.17. The molecule has 0 saturated carbocycles. The Morgan fingerprint density at radius 3 is 2.89 bits per heavy atom. The van der Waals surface area contributed by atoms with Gasteiger partial charge in [-0.3, -0.25) is 4.79 Å². The minimum Gasteiger partial charge on any atom is -0.464 e. The first-order chi connectivity index (χ1) is 9.13. The second-order valence-electron chi connectivity index (χ2n) is 4.40. The number of carbonyl (C=O) groups is 2. The van der Waals surface area contributed by atoms with Crippen molar-refractivity contribution in [2.75, 3.05) is 13.2 Å². The van der Waals surface area contributed by atoms with Gasteiger partial charge in [0.05, 0.1) is 6.61 Å². The fourth-order valence-electron chi connectivity index (χ4n) is 2.17. The number of piperidine rings is 1. The first-order valence-electron chi connectivity index (χ1n) is 6.41. The van der Waals surface area contributed by atoms with Crippen LogP contribution >= 0.6 is 0 Å². The molecule has 0 N–H and O–H groups in total. The summed E-state index contributed by atoms with van der Waals surface area (Å²) in [5, 5.41) is 3.60. The number of amides is 1. The van der Waals surface area contributed by atoms with Gasteiger partial charge >= 0.3 is 5.97 Å². The van der Waals surface area contributed by atoms with Crippen LogP contribution in [0.3, 0.4) is 0 Å². The Balaban J connectivity index is 2.15. The van der Waals surface area contributed by atoms with Crippen molar-refractivity contribution in [1.29, 1.82) is 0 Å². The van der Waals surface area contributed by atoms with Gasteiger partial charge in [0.1, 0.15) is 6.04 Å². The summed E-state index contributed by atoms with van der Waals surface area (Å²) in [4.78, 5) is 29.5. The lowest BCUT2D eigenvalue weighted by Gasteiger charge is -2.33. The van der Waals surface area contributed by atoms with Gasteiger partial charge in [-0.1, -0.05) is 5.16 Å². The number of ether oxygens (including phenoxy) is 1. The number of likely N-dealkylation sites (tertiary alicyclic amines) is 1. The summed E-state index contributed by atoms with van der Waals surface area (Å²) in [6, 6.07) is -0.542. The summed E-state index contributed by atoms with van der Waals surface area (Å²) in [5.74, 6) is -0.424. The molecule has 104 valence electrons. The molecular formula is C12H17N3O4. The van der Waals surface area contributed by atoms with E-state index in [4.69, 9.17) is 9.26 Å². The van der Waals surface area contributed by atoms with Crippen molar-refractivity contribution >= 4 is 11.9 Å². The van der Waals surface area contributed by atoms with Crippen LogP contribution in [0.5, 0.6) is 0 Å². The number of rotatable bonds is 3. The lowest BCUT2D eigenvalue weighted by molar-refractivity contribution is -0.149. The molecule has 1 aromatic heterocycles. The quantitative estimate of drug-likeness (QED) is 0.757. The van der Waals surface area contributed by atoms with E-state index in [1.807, 2.05) is 0 Å². The molecular weight excluding hydrogens is 250 g/mol. The van der Waals surface area contributed by atoms with Crippen molar-refractivity contribution in [1.82, 2.24) is 15.0 Å². The van der Waals surface area contributed by atoms with Gasteiger partial charge in [-0.15, -0.1) is 0 Å². The summed E-state index contributed by atoms with van der Waals surface area (Å²) in [5.41, 5.74) is 0. The Morgan fingerprint density at radius 1 is 1.47 bits per heavy atom. The molecule has 1 aliphatic rings. The normalized spacial score (nSPS) is 19.3. The zero-order chi connectivity index (χ0) is 13.8. The van der Waals surface area contributed by atoms with Gasteiger partial charge in [0.25, 0.3) is 11.7 Å². The average molecular weight is 267 g/mol. The highest BCUT2D eigenvalue weighted by atomic mass is 16.5. The predicted octanol–water partition coefficient (Wildman–Crippen LogP) is 0.936. The van der Waals surface area contributed by atoms with Crippen molar-refractivity contribution in [2.24, 2.45) is 0 Å². The standard InChI is InChI=1S/C12H17N3O4/c1-3-18-12(17)9-6-4-5-7-15(9)11(16)10-13-8(2)19-14-10/h9H,3-7H2,1-2H3. The highest BCUT2D eigenvalue weighted by Gasteiger charge is 2.35. The van der Waals surface area contributed by atoms with Crippen LogP contribution in [0.1, 0.15) is 42.7 Å². The molecule has 0 spiro atoms. The van der Waals surface area contributed by atoms with Gasteiger partial charge in [-0.05, 0) is 26.2 Å². The molecule has 2 heterocycles. The maximum absolute atomic E-state index is 12.3. The number of esters is 1. The zero-order valence-corrected chi connectivity index (χ0v) is 11.1. The smallest absolute Gasteiger partial charge is 0.328 e. The van der Waals surface area contributed by atoms with Crippen LogP contribution in [0.4, 0.5) is 0 Å². The lowest BCUT2D eigenvalue weighted by atomic mass is 10.0. The number of hydrogen-bond donors (Lipinski definition) is 0. The van der Waals surface area contributed by atoms with Gasteiger partial charge < -0.3 is 14.2 Å². The first-order valence-corrected chi connectivity index (χ1v) is 6.41. The fourth-order valence-corrected chi connectivity index (χ4v) is 2.17. The van der Waals surface area contributed by atoms with E-state index in [-0.39, 0.29) is 17.7 Å². The maximum Gasteiger partial charge on any atom is 0.328 e. The Morgan fingerprint density at radius 2 is 2.26 bits per heavy atom. The molecule has 0 aromatic carbocycles. The molecule has 1 aliphatic heterocycles. The van der Waals surface area contributed by atoms with Crippen LogP contribution < -0.4 is 0 Å². The van der Waals surface area contributed by atoms with Crippen molar-refractivity contribution < 1.29 is 18.8 Å². The third kappa shape index (κ3) is 2.91. The molecule has 7 nitrogen and oxygen atoms in total. The van der Waals surface area contributed by atoms with Crippen molar-refractivity contribution in [3.8, 4) is 0 Å². The first kappa shape index (κ1) is 13.5. The molecule has 7 heteroatoms. The van der Waals surface area contributed by atoms with E-state index in [2.05, 4.69) is 10.1 Å². The zero-order valence-electron chi connectivity index (χ0n) is 11.1. The molecule has 1 fully saturated rings. The SMILES string of the molecule is CCOC(=O)C1CCCCN1C(=O)c1noc(C)n1. The van der Waals surface area contributed by atoms with Crippen molar-refractivity contribution in [3.05, 3.63) is 11.7 Å². The Bertz CT molecular complexity index is 471. The van der Waals surface area contributed by atoms with E-state index in [1.54, 1.807) is 13.8 Å². The molecule has 1 aromatic rings. The molecule has 19 heavy (non-hydrogen) atoms. The minimum atomic E-state index is -0.542. The topological polar surface area (TPSA) is 85.5 Å². The van der Waals surface area contributed by atoms with Gasteiger partial charge in [-0.2, -0.15) is 4.98 Å². The van der Waals surface area contributed by atoms with E-state index in [9.17, 15) is 9.59 Å². The third-order valence-electron chi connectivity index (χ3n) is 3.04. The van der Waals surface area contributed by atoms with Gasteiger partial charge in [-0.25, -0.2) is 4.79 Å². The minimum absolute atomic E-state index is 0.00583. The van der Waals surface area contributed by atoms with Crippen molar-refractivity contribution in [2.45, 2.75) is 39.2 Å². The summed E-state index contributed by atoms with van der Waals surface area (Å²) >= 11 is 0. The van der Waals surface area contributed by atoms with Crippen LogP contribution in [-0.2, 0) is 9.53 Å². The second kappa shape index (κ2) is 5.81. The molecule has 1 atom stereocenters. The second-order valence-corrected chi connectivity index (χ2v) is 4.40. The van der Waals surface area contributed by atoms with Crippen LogP contribution in [0.25, 0.3) is 0 Å². The maximum atomic E-state index is 12.3. The van der Waals surface area contributed by atoms with E-state index < -0.39 is 6.04 Å². The van der Waals surface area contributed by atoms with Crippen LogP contribution in [0, 0.1) is 6.92 Å². The molecule has 2 rings (SSSR count). The Hall–Kier alpha value is -1.92. The summed E-state index contributed by atoms with van der Waals surface area (Å²) in [7, 11) is 0. The third-order valence-corrected chi connectivity index (χ3v) is 3.04. The molecule has 0 bridgehead atoms. The van der Waals surface area contributed by atoms with Gasteiger partial charge in [0.15, 0.2) is 0 Å². The molecule has 0 radical (unpaired) electrons. The highest BCUT2D eigenvalue weighted by Crippen LogP contribution is 2.20. The Kier molecular flexibility index (Phi) is 4.13. The largest absolute Gasteiger partial charge is 0.464 e. The lowest BCUT2D eigenvalue weighted by Crippen LogP contribution is -2.49. The number of carbonyl (C=O) groups excluding carboxylic acids is 2. The van der Waals surface area contributed by atoms with E-state index in [0.717, 1.165) is 12.8 Å². The van der Waals surface area contributed by atoms with E-state index in [0.29, 0.717) is 25.5 Å². The predicted molar refractivity (Wildman–Crippen MR) is 64.3 cm³/mol. The summed E-state index contributed by atoms with van der Waals surface area (Å²) < 4.78 is 9.80. The van der Waals surface area contributed by atoms with Crippen molar-refractivity contribution in [3.63, 3.8) is 0 Å². The average Bonchev–Trinajstić information content (AvgIpc) is 2.85. The summed E-state index contributed by atoms with van der Waals surface area (Å²) in [6.07, 6.45) is 2.37. The number of aryl methyl sites for hydroxylation is 1. The van der Waals surface area contributed by atoms with Gasteiger partial charge in [0.2, 0.25) is 5.89 Å². The number of hydrogen-bond acceptors (Lipinski definition) is 6. The van der Waals surface area contributed by atoms with Gasteiger partial charge in [0, 0.05) is 13.5 Å². The molecule has 1 amide bonds. The van der Waals surface area contributed by atoms with Crippen LogP contribution in [0.15, 0.2) is 4.52 Å². The van der Waals surface area contributed by atoms with Crippen LogP contribution in [-0.4, -0.2) is 46.1 Å². The van der Waals surface area contributed by atoms with E-state index >= 15 is 0 Å².